The second kappa shape index (κ2) is 8.61. The summed E-state index contributed by atoms with van der Waals surface area (Å²) in [6.07, 6.45) is 3.03. The third kappa shape index (κ3) is 4.48. The predicted molar refractivity (Wildman–Crippen MR) is 117 cm³/mol. The Morgan fingerprint density at radius 1 is 1.07 bits per heavy atom. The number of carbonyl (C=O) groups is 1. The van der Waals surface area contributed by atoms with Crippen molar-refractivity contribution in [2.45, 2.75) is 26.7 Å². The van der Waals surface area contributed by atoms with Crippen LogP contribution in [0.2, 0.25) is 0 Å². The van der Waals surface area contributed by atoms with E-state index in [1.807, 2.05) is 38.1 Å². The molecule has 4 rings (SSSR count). The molecule has 0 saturated carbocycles. The van der Waals surface area contributed by atoms with Crippen LogP contribution in [-0.2, 0) is 4.79 Å². The molecule has 1 aliphatic heterocycles. The number of nitrogens with zero attached hydrogens (tertiary/aromatic N) is 3. The molecule has 30 heavy (non-hydrogen) atoms. The van der Waals surface area contributed by atoms with Crippen LogP contribution < -0.4 is 10.2 Å². The van der Waals surface area contributed by atoms with Crippen molar-refractivity contribution in [2.75, 3.05) is 23.3 Å². The third-order valence-corrected chi connectivity index (χ3v) is 5.60. The van der Waals surface area contributed by atoms with E-state index in [0.717, 1.165) is 48.6 Å². The summed E-state index contributed by atoms with van der Waals surface area (Å²) >= 11 is 0. The molecule has 1 aromatic heterocycles. The Balaban J connectivity index is 1.40. The lowest BCUT2D eigenvalue weighted by Crippen LogP contribution is -2.38. The van der Waals surface area contributed by atoms with Gasteiger partial charge in [-0.25, -0.2) is 14.4 Å². The van der Waals surface area contributed by atoms with Crippen LogP contribution in [0.25, 0.3) is 11.3 Å². The summed E-state index contributed by atoms with van der Waals surface area (Å²) in [4.78, 5) is 23.6. The van der Waals surface area contributed by atoms with E-state index in [0.29, 0.717) is 5.69 Å². The Morgan fingerprint density at radius 2 is 1.87 bits per heavy atom. The normalized spacial score (nSPS) is 14.6. The number of hydrogen-bond donors (Lipinski definition) is 1. The maximum absolute atomic E-state index is 13.5. The molecule has 1 fully saturated rings. The van der Waals surface area contributed by atoms with Gasteiger partial charge in [0.1, 0.15) is 18.0 Å². The fraction of sp³-hybridized carbons (Fsp3) is 0.292. The lowest BCUT2D eigenvalue weighted by atomic mass is 9.95. The van der Waals surface area contributed by atoms with Crippen molar-refractivity contribution < 1.29 is 9.18 Å². The van der Waals surface area contributed by atoms with Crippen molar-refractivity contribution in [1.82, 2.24) is 9.97 Å². The number of anilines is 2. The average molecular weight is 404 g/mol. The first-order valence-electron chi connectivity index (χ1n) is 10.2. The van der Waals surface area contributed by atoms with Gasteiger partial charge in [-0.1, -0.05) is 29.8 Å². The standard InChI is InChI=1S/C24H25FN4O/c1-16-6-7-21(17(2)12-16)28-24(30)18-8-10-29(11-9-18)23-14-22(26-15-27-23)19-4-3-5-20(25)13-19/h3-7,12-15,18H,8-11H2,1-2H3,(H,28,30). The first-order chi connectivity index (χ1) is 14.5. The second-order valence-electron chi connectivity index (χ2n) is 7.84. The molecule has 2 heterocycles. The highest BCUT2D eigenvalue weighted by Crippen LogP contribution is 2.26. The molecule has 5 nitrogen and oxygen atoms in total. The van der Waals surface area contributed by atoms with Crippen molar-refractivity contribution in [2.24, 2.45) is 5.92 Å². The third-order valence-electron chi connectivity index (χ3n) is 5.60. The molecule has 0 aliphatic carbocycles. The number of piperidine rings is 1. The molecule has 0 bridgehead atoms. The van der Waals surface area contributed by atoms with Crippen LogP contribution in [0.4, 0.5) is 15.9 Å². The lowest BCUT2D eigenvalue weighted by Gasteiger charge is -2.32. The molecule has 2 aromatic carbocycles. The molecule has 0 atom stereocenters. The molecule has 1 aliphatic rings. The van der Waals surface area contributed by atoms with Gasteiger partial charge in [-0.2, -0.15) is 0 Å². The Labute approximate surface area is 176 Å². The molecular formula is C24H25FN4O. The van der Waals surface area contributed by atoms with Crippen LogP contribution in [-0.4, -0.2) is 29.0 Å². The van der Waals surface area contributed by atoms with Gasteiger partial charge in [-0.05, 0) is 50.5 Å². The van der Waals surface area contributed by atoms with E-state index >= 15 is 0 Å². The molecule has 1 saturated heterocycles. The van der Waals surface area contributed by atoms with Crippen LogP contribution in [0, 0.1) is 25.6 Å². The van der Waals surface area contributed by atoms with Crippen LogP contribution in [0.3, 0.4) is 0 Å². The van der Waals surface area contributed by atoms with Gasteiger partial charge >= 0.3 is 0 Å². The fourth-order valence-electron chi connectivity index (χ4n) is 3.89. The number of aryl methyl sites for hydroxylation is 2. The fourth-order valence-corrected chi connectivity index (χ4v) is 3.89. The smallest absolute Gasteiger partial charge is 0.227 e. The van der Waals surface area contributed by atoms with Crippen LogP contribution in [0.1, 0.15) is 24.0 Å². The molecule has 1 amide bonds. The molecule has 1 N–H and O–H groups in total. The minimum absolute atomic E-state index is 0.0218. The quantitative estimate of drug-likeness (QED) is 0.681. The molecule has 3 aromatic rings. The highest BCUT2D eigenvalue weighted by Gasteiger charge is 2.26. The Bertz CT molecular complexity index is 1060. The van der Waals surface area contributed by atoms with Gasteiger partial charge in [-0.3, -0.25) is 4.79 Å². The predicted octanol–water partition coefficient (Wildman–Crippen LogP) is 4.75. The highest BCUT2D eigenvalue weighted by molar-refractivity contribution is 5.93. The summed E-state index contributed by atoms with van der Waals surface area (Å²) in [5.41, 5.74) is 4.55. The maximum Gasteiger partial charge on any atom is 0.227 e. The molecule has 0 radical (unpaired) electrons. The first kappa shape index (κ1) is 20.0. The van der Waals surface area contributed by atoms with E-state index in [1.54, 1.807) is 6.07 Å². The van der Waals surface area contributed by atoms with Gasteiger partial charge in [-0.15, -0.1) is 0 Å². The summed E-state index contributed by atoms with van der Waals surface area (Å²) in [5.74, 6) is 0.567. The lowest BCUT2D eigenvalue weighted by molar-refractivity contribution is -0.120. The van der Waals surface area contributed by atoms with E-state index in [1.165, 1.54) is 24.0 Å². The minimum Gasteiger partial charge on any atom is -0.356 e. The zero-order valence-electron chi connectivity index (χ0n) is 17.2. The zero-order chi connectivity index (χ0) is 21.1. The number of aromatic nitrogens is 2. The van der Waals surface area contributed by atoms with Crippen molar-refractivity contribution in [3.05, 3.63) is 71.8 Å². The van der Waals surface area contributed by atoms with E-state index in [4.69, 9.17) is 0 Å². The van der Waals surface area contributed by atoms with Crippen LogP contribution >= 0.6 is 0 Å². The van der Waals surface area contributed by atoms with Gasteiger partial charge in [0.05, 0.1) is 5.69 Å². The number of amides is 1. The summed E-state index contributed by atoms with van der Waals surface area (Å²) < 4.78 is 13.5. The van der Waals surface area contributed by atoms with Gasteiger partial charge in [0.15, 0.2) is 0 Å². The number of nitrogens with one attached hydrogen (secondary N) is 1. The Morgan fingerprint density at radius 3 is 2.60 bits per heavy atom. The summed E-state index contributed by atoms with van der Waals surface area (Å²) in [7, 11) is 0. The Kier molecular flexibility index (Phi) is 5.74. The van der Waals surface area contributed by atoms with E-state index in [-0.39, 0.29) is 17.6 Å². The molecule has 154 valence electrons. The van der Waals surface area contributed by atoms with Crippen molar-refractivity contribution in [3.8, 4) is 11.3 Å². The molecule has 6 heteroatoms. The summed E-state index contributed by atoms with van der Waals surface area (Å²) in [5, 5.41) is 3.08. The van der Waals surface area contributed by atoms with Gasteiger partial charge in [0, 0.05) is 36.3 Å². The zero-order valence-corrected chi connectivity index (χ0v) is 17.2. The number of carbonyl (C=O) groups excluding carboxylic acids is 1. The number of halogens is 1. The van der Waals surface area contributed by atoms with Crippen LogP contribution in [0.15, 0.2) is 54.9 Å². The Hall–Kier alpha value is -3.28. The topological polar surface area (TPSA) is 58.1 Å². The van der Waals surface area contributed by atoms with Crippen molar-refractivity contribution in [1.29, 1.82) is 0 Å². The van der Waals surface area contributed by atoms with Gasteiger partial charge in [0.2, 0.25) is 5.91 Å². The largest absolute Gasteiger partial charge is 0.356 e. The average Bonchev–Trinajstić information content (AvgIpc) is 2.76. The number of benzene rings is 2. The van der Waals surface area contributed by atoms with Gasteiger partial charge < -0.3 is 10.2 Å². The first-order valence-corrected chi connectivity index (χ1v) is 10.2. The number of rotatable bonds is 4. The summed E-state index contributed by atoms with van der Waals surface area (Å²) in [6.45, 7) is 5.53. The molecular weight excluding hydrogens is 379 g/mol. The van der Waals surface area contributed by atoms with Crippen molar-refractivity contribution in [3.63, 3.8) is 0 Å². The summed E-state index contributed by atoms with van der Waals surface area (Å²) in [6, 6.07) is 14.3. The van der Waals surface area contributed by atoms with Crippen LogP contribution in [0.5, 0.6) is 0 Å². The second-order valence-corrected chi connectivity index (χ2v) is 7.84. The SMILES string of the molecule is Cc1ccc(NC(=O)C2CCN(c3cc(-c4cccc(F)c4)ncn3)CC2)c(C)c1. The number of hydrogen-bond acceptors (Lipinski definition) is 4. The maximum atomic E-state index is 13.5. The monoisotopic (exact) mass is 404 g/mol. The van der Waals surface area contributed by atoms with Gasteiger partial charge in [0.25, 0.3) is 0 Å². The van der Waals surface area contributed by atoms with E-state index in [9.17, 15) is 9.18 Å². The van der Waals surface area contributed by atoms with E-state index < -0.39 is 0 Å². The van der Waals surface area contributed by atoms with Crippen molar-refractivity contribution >= 4 is 17.4 Å². The van der Waals surface area contributed by atoms with E-state index in [2.05, 4.69) is 26.3 Å². The molecule has 0 spiro atoms. The molecule has 0 unspecified atom stereocenters. The highest BCUT2D eigenvalue weighted by atomic mass is 19.1. The minimum atomic E-state index is -0.289.